The van der Waals surface area contributed by atoms with Gasteiger partial charge in [0.2, 0.25) is 0 Å². The Morgan fingerprint density at radius 3 is 2.88 bits per heavy atom. The topological polar surface area (TPSA) is 24.9 Å². The molecular weight excluding hydrogens is 216 g/mol. The van der Waals surface area contributed by atoms with Crippen LogP contribution in [0.2, 0.25) is 0 Å². The molecule has 1 N–H and O–H groups in total. The molecule has 90 valence electrons. The van der Waals surface area contributed by atoms with E-state index in [1.807, 2.05) is 11.3 Å². The Kier molecular flexibility index (Phi) is 3.65. The molecule has 16 heavy (non-hydrogen) atoms. The van der Waals surface area contributed by atoms with Crippen molar-refractivity contribution in [2.24, 2.45) is 5.92 Å². The van der Waals surface area contributed by atoms with E-state index in [1.165, 1.54) is 36.6 Å². The van der Waals surface area contributed by atoms with Gasteiger partial charge in [-0.1, -0.05) is 20.8 Å². The van der Waals surface area contributed by atoms with Gasteiger partial charge in [-0.15, -0.1) is 11.3 Å². The second-order valence-electron chi connectivity index (χ2n) is 5.79. The van der Waals surface area contributed by atoms with Gasteiger partial charge in [0.1, 0.15) is 0 Å². The summed E-state index contributed by atoms with van der Waals surface area (Å²) in [6, 6.07) is 0. The Bertz CT molecular complexity index is 332. The average molecular weight is 238 g/mol. The number of rotatable bonds is 2. The third-order valence-electron chi connectivity index (χ3n) is 3.18. The minimum atomic E-state index is 0.194. The van der Waals surface area contributed by atoms with E-state index in [-0.39, 0.29) is 5.41 Å². The van der Waals surface area contributed by atoms with Crippen LogP contribution in [0.3, 0.4) is 0 Å². The molecule has 0 spiro atoms. The van der Waals surface area contributed by atoms with Gasteiger partial charge in [-0.2, -0.15) is 0 Å². The Balaban J connectivity index is 1.97. The van der Waals surface area contributed by atoms with Gasteiger partial charge in [0.05, 0.1) is 10.7 Å². The van der Waals surface area contributed by atoms with Crippen LogP contribution >= 0.6 is 11.3 Å². The van der Waals surface area contributed by atoms with Crippen molar-refractivity contribution in [1.82, 2.24) is 10.3 Å². The van der Waals surface area contributed by atoms with Gasteiger partial charge in [0.15, 0.2) is 0 Å². The normalized spacial score (nSPS) is 22.3. The largest absolute Gasteiger partial charge is 0.316 e. The maximum Gasteiger partial charge on any atom is 0.0931 e. The van der Waals surface area contributed by atoms with Crippen molar-refractivity contribution in [2.45, 2.75) is 45.4 Å². The summed E-state index contributed by atoms with van der Waals surface area (Å²) in [5, 5.41) is 7.01. The maximum absolute atomic E-state index is 4.77. The molecule has 1 aromatic rings. The van der Waals surface area contributed by atoms with Crippen molar-refractivity contribution in [3.8, 4) is 0 Å². The lowest BCUT2D eigenvalue weighted by Gasteiger charge is -2.21. The number of nitrogens with one attached hydrogen (secondary N) is 1. The number of aromatic nitrogens is 1. The van der Waals surface area contributed by atoms with E-state index in [9.17, 15) is 0 Å². The fraction of sp³-hybridized carbons (Fsp3) is 0.769. The molecule has 0 aliphatic carbocycles. The van der Waals surface area contributed by atoms with E-state index in [1.54, 1.807) is 0 Å². The van der Waals surface area contributed by atoms with Crippen LogP contribution in [0.15, 0.2) is 5.38 Å². The van der Waals surface area contributed by atoms with Gasteiger partial charge < -0.3 is 5.32 Å². The first-order valence-electron chi connectivity index (χ1n) is 6.21. The van der Waals surface area contributed by atoms with Gasteiger partial charge in [-0.25, -0.2) is 4.98 Å². The SMILES string of the molecule is CC(C)(C)c1csc(CC2CCCNC2)n1. The van der Waals surface area contributed by atoms with Crippen LogP contribution in [0.5, 0.6) is 0 Å². The van der Waals surface area contributed by atoms with Crippen molar-refractivity contribution in [1.29, 1.82) is 0 Å². The highest BCUT2D eigenvalue weighted by Gasteiger charge is 2.19. The summed E-state index contributed by atoms with van der Waals surface area (Å²) >= 11 is 1.83. The second kappa shape index (κ2) is 4.84. The van der Waals surface area contributed by atoms with Gasteiger partial charge in [0.25, 0.3) is 0 Å². The third-order valence-corrected chi connectivity index (χ3v) is 4.05. The lowest BCUT2D eigenvalue weighted by Crippen LogP contribution is -2.30. The fourth-order valence-electron chi connectivity index (χ4n) is 2.09. The highest BCUT2D eigenvalue weighted by Crippen LogP contribution is 2.26. The molecule has 1 aliphatic heterocycles. The highest BCUT2D eigenvalue weighted by molar-refractivity contribution is 7.09. The predicted molar refractivity (Wildman–Crippen MR) is 70.1 cm³/mol. The number of nitrogens with zero attached hydrogens (tertiary/aromatic N) is 1. The minimum Gasteiger partial charge on any atom is -0.316 e. The molecule has 1 atom stereocenters. The zero-order chi connectivity index (χ0) is 11.6. The van der Waals surface area contributed by atoms with Crippen molar-refractivity contribution >= 4 is 11.3 Å². The highest BCUT2D eigenvalue weighted by atomic mass is 32.1. The molecule has 1 aromatic heterocycles. The molecule has 0 amide bonds. The predicted octanol–water partition coefficient (Wildman–Crippen LogP) is 2.98. The molecule has 1 fully saturated rings. The lowest BCUT2D eigenvalue weighted by atomic mass is 9.93. The standard InChI is InChI=1S/C13H22N2S/c1-13(2,3)11-9-16-12(15-11)7-10-5-4-6-14-8-10/h9-10,14H,4-8H2,1-3H3. The van der Waals surface area contributed by atoms with Crippen molar-refractivity contribution in [3.63, 3.8) is 0 Å². The van der Waals surface area contributed by atoms with Gasteiger partial charge in [-0.05, 0) is 31.8 Å². The van der Waals surface area contributed by atoms with Crippen molar-refractivity contribution < 1.29 is 0 Å². The summed E-state index contributed by atoms with van der Waals surface area (Å²) < 4.78 is 0. The second-order valence-corrected chi connectivity index (χ2v) is 6.74. The molecular formula is C13H22N2S. The molecule has 2 nitrogen and oxygen atoms in total. The lowest BCUT2D eigenvalue weighted by molar-refractivity contribution is 0.375. The van der Waals surface area contributed by atoms with Crippen LogP contribution in [0.1, 0.15) is 44.3 Å². The zero-order valence-corrected chi connectivity index (χ0v) is 11.4. The molecule has 1 saturated heterocycles. The molecule has 1 aliphatic rings. The Morgan fingerprint density at radius 1 is 1.50 bits per heavy atom. The van der Waals surface area contributed by atoms with E-state index in [2.05, 4.69) is 31.5 Å². The molecule has 0 saturated carbocycles. The summed E-state index contributed by atoms with van der Waals surface area (Å²) in [6.07, 6.45) is 3.84. The Morgan fingerprint density at radius 2 is 2.31 bits per heavy atom. The fourth-order valence-corrected chi connectivity index (χ4v) is 3.23. The summed E-state index contributed by atoms with van der Waals surface area (Å²) in [5.41, 5.74) is 1.44. The Labute approximate surface area is 102 Å². The molecule has 0 bridgehead atoms. The van der Waals surface area contributed by atoms with Gasteiger partial charge in [0, 0.05) is 17.2 Å². The first-order chi connectivity index (χ1) is 7.55. The monoisotopic (exact) mass is 238 g/mol. The van der Waals surface area contributed by atoms with E-state index in [4.69, 9.17) is 4.98 Å². The molecule has 0 radical (unpaired) electrons. The van der Waals surface area contributed by atoms with Crippen LogP contribution in [0.25, 0.3) is 0 Å². The molecule has 2 heterocycles. The summed E-state index contributed by atoms with van der Waals surface area (Å²) in [7, 11) is 0. The smallest absolute Gasteiger partial charge is 0.0931 e. The Hall–Kier alpha value is -0.410. The van der Waals surface area contributed by atoms with Gasteiger partial charge in [-0.3, -0.25) is 0 Å². The minimum absolute atomic E-state index is 0.194. The van der Waals surface area contributed by atoms with Gasteiger partial charge >= 0.3 is 0 Å². The number of hydrogen-bond donors (Lipinski definition) is 1. The van der Waals surface area contributed by atoms with Crippen LogP contribution < -0.4 is 5.32 Å². The number of thiazole rings is 1. The van der Waals surface area contributed by atoms with E-state index in [0.717, 1.165) is 12.3 Å². The van der Waals surface area contributed by atoms with E-state index in [0.29, 0.717) is 0 Å². The van der Waals surface area contributed by atoms with Crippen LogP contribution in [-0.4, -0.2) is 18.1 Å². The first-order valence-corrected chi connectivity index (χ1v) is 7.09. The summed E-state index contributed by atoms with van der Waals surface area (Å²) in [5.74, 6) is 0.799. The molecule has 3 heteroatoms. The number of hydrogen-bond acceptors (Lipinski definition) is 3. The molecule has 1 unspecified atom stereocenters. The van der Waals surface area contributed by atoms with Crippen LogP contribution in [0.4, 0.5) is 0 Å². The molecule has 2 rings (SSSR count). The van der Waals surface area contributed by atoms with Crippen molar-refractivity contribution in [3.05, 3.63) is 16.1 Å². The van der Waals surface area contributed by atoms with Crippen LogP contribution in [-0.2, 0) is 11.8 Å². The maximum atomic E-state index is 4.77. The first kappa shape index (κ1) is 12.1. The zero-order valence-electron chi connectivity index (χ0n) is 10.5. The summed E-state index contributed by atoms with van der Waals surface area (Å²) in [6.45, 7) is 9.06. The summed E-state index contributed by atoms with van der Waals surface area (Å²) in [4.78, 5) is 4.77. The average Bonchev–Trinajstić information content (AvgIpc) is 2.67. The molecule has 0 aromatic carbocycles. The number of piperidine rings is 1. The third kappa shape index (κ3) is 3.05. The quantitative estimate of drug-likeness (QED) is 0.857. The van der Waals surface area contributed by atoms with Crippen molar-refractivity contribution in [2.75, 3.05) is 13.1 Å². The van der Waals surface area contributed by atoms with Crippen LogP contribution in [0, 0.1) is 5.92 Å². The van der Waals surface area contributed by atoms with E-state index < -0.39 is 0 Å². The van der Waals surface area contributed by atoms with E-state index >= 15 is 0 Å².